The Bertz CT molecular complexity index is 648. The van der Waals surface area contributed by atoms with Crippen LogP contribution in [-0.2, 0) is 19.5 Å². The molecule has 0 fully saturated rings. The molecule has 1 aliphatic rings. The molecule has 1 unspecified atom stereocenters. The summed E-state index contributed by atoms with van der Waals surface area (Å²) in [6.07, 6.45) is 3.42. The summed E-state index contributed by atoms with van der Waals surface area (Å²) in [6.45, 7) is 3.28. The van der Waals surface area contributed by atoms with E-state index in [-0.39, 0.29) is 18.6 Å². The van der Waals surface area contributed by atoms with Crippen molar-refractivity contribution in [2.75, 3.05) is 6.61 Å². The minimum absolute atomic E-state index is 0.0242. The Morgan fingerprint density at radius 3 is 2.77 bits per heavy atom. The number of carbonyl (C=O) groups is 1. The number of hydrogen-bond acceptors (Lipinski definition) is 3. The Morgan fingerprint density at radius 1 is 1.32 bits per heavy atom. The molecule has 0 aliphatic carbocycles. The molecule has 0 radical (unpaired) electrons. The largest absolute Gasteiger partial charge is 0.394 e. The van der Waals surface area contributed by atoms with Gasteiger partial charge in [0.05, 0.1) is 24.9 Å². The minimum Gasteiger partial charge on any atom is -0.394 e. The molecule has 1 amide bonds. The highest BCUT2D eigenvalue weighted by Crippen LogP contribution is 2.20. The first-order chi connectivity index (χ1) is 10.7. The highest BCUT2D eigenvalue weighted by Gasteiger charge is 2.28. The zero-order chi connectivity index (χ0) is 15.5. The summed E-state index contributed by atoms with van der Waals surface area (Å²) in [4.78, 5) is 14.6. The van der Waals surface area contributed by atoms with Crippen LogP contribution in [0.3, 0.4) is 0 Å². The number of fused-ring (bicyclic) bond motifs is 1. The van der Waals surface area contributed by atoms with E-state index in [0.717, 1.165) is 18.7 Å². The third kappa shape index (κ3) is 2.76. The summed E-state index contributed by atoms with van der Waals surface area (Å²) in [5.41, 5.74) is 2.89. The van der Waals surface area contributed by atoms with Gasteiger partial charge in [-0.3, -0.25) is 9.48 Å². The number of hydrogen-bond donors (Lipinski definition) is 1. The third-order valence-corrected chi connectivity index (χ3v) is 4.33. The van der Waals surface area contributed by atoms with Crippen LogP contribution in [0.25, 0.3) is 0 Å². The fourth-order valence-electron chi connectivity index (χ4n) is 2.90. The standard InChI is InChI=1S/C17H21N3O2/c1-2-13-3-5-14(6-4-13)17(22)19-11-15-7-9-18-20(15)10-8-16(19)12-21/h3-7,9,16,21H,2,8,10-12H2,1H3. The molecule has 1 aromatic carbocycles. The van der Waals surface area contributed by atoms with Gasteiger partial charge in [0, 0.05) is 18.3 Å². The van der Waals surface area contributed by atoms with Gasteiger partial charge in [-0.05, 0) is 36.6 Å². The highest BCUT2D eigenvalue weighted by atomic mass is 16.3. The van der Waals surface area contributed by atoms with Crippen LogP contribution in [0.1, 0.15) is 35.0 Å². The van der Waals surface area contributed by atoms with Gasteiger partial charge in [0.2, 0.25) is 0 Å². The number of aliphatic hydroxyl groups is 1. The van der Waals surface area contributed by atoms with E-state index >= 15 is 0 Å². The molecule has 2 heterocycles. The van der Waals surface area contributed by atoms with Crippen LogP contribution in [-0.4, -0.2) is 38.3 Å². The first-order valence-corrected chi connectivity index (χ1v) is 7.74. The van der Waals surface area contributed by atoms with Gasteiger partial charge < -0.3 is 10.0 Å². The van der Waals surface area contributed by atoms with E-state index in [0.29, 0.717) is 18.5 Å². The van der Waals surface area contributed by atoms with Gasteiger partial charge in [-0.25, -0.2) is 0 Å². The van der Waals surface area contributed by atoms with E-state index in [9.17, 15) is 9.90 Å². The van der Waals surface area contributed by atoms with Crippen molar-refractivity contribution in [3.05, 3.63) is 53.3 Å². The summed E-state index contributed by atoms with van der Waals surface area (Å²) in [7, 11) is 0. The second-order valence-electron chi connectivity index (χ2n) is 5.65. The molecule has 116 valence electrons. The molecule has 0 saturated heterocycles. The van der Waals surface area contributed by atoms with Gasteiger partial charge in [-0.1, -0.05) is 19.1 Å². The predicted octanol–water partition coefficient (Wildman–Crippen LogP) is 1.85. The summed E-state index contributed by atoms with van der Waals surface area (Å²) in [5, 5.41) is 13.9. The Labute approximate surface area is 130 Å². The van der Waals surface area contributed by atoms with E-state index in [1.807, 2.05) is 35.0 Å². The number of carbonyl (C=O) groups excluding carboxylic acids is 1. The van der Waals surface area contributed by atoms with Gasteiger partial charge >= 0.3 is 0 Å². The van der Waals surface area contributed by atoms with Gasteiger partial charge in [-0.15, -0.1) is 0 Å². The molecule has 5 nitrogen and oxygen atoms in total. The number of aromatic nitrogens is 2. The third-order valence-electron chi connectivity index (χ3n) is 4.33. The number of nitrogens with zero attached hydrogens (tertiary/aromatic N) is 3. The van der Waals surface area contributed by atoms with Crippen molar-refractivity contribution in [2.45, 2.75) is 38.9 Å². The molecule has 0 saturated carbocycles. The maximum atomic E-state index is 12.8. The lowest BCUT2D eigenvalue weighted by molar-refractivity contribution is 0.0568. The first-order valence-electron chi connectivity index (χ1n) is 7.74. The number of aryl methyl sites for hydroxylation is 2. The lowest BCUT2D eigenvalue weighted by Crippen LogP contribution is -2.41. The Balaban J connectivity index is 1.87. The highest BCUT2D eigenvalue weighted by molar-refractivity contribution is 5.94. The van der Waals surface area contributed by atoms with Gasteiger partial charge in [0.1, 0.15) is 0 Å². The maximum absolute atomic E-state index is 12.8. The van der Waals surface area contributed by atoms with Crippen LogP contribution in [0.2, 0.25) is 0 Å². The van der Waals surface area contributed by atoms with Crippen LogP contribution in [0.15, 0.2) is 36.5 Å². The quantitative estimate of drug-likeness (QED) is 0.941. The van der Waals surface area contributed by atoms with Gasteiger partial charge in [-0.2, -0.15) is 5.10 Å². The molecule has 1 atom stereocenters. The second kappa shape index (κ2) is 6.32. The van der Waals surface area contributed by atoms with Crippen LogP contribution in [0.5, 0.6) is 0 Å². The van der Waals surface area contributed by atoms with Crippen molar-refractivity contribution in [1.29, 1.82) is 0 Å². The van der Waals surface area contributed by atoms with Gasteiger partial charge in [0.15, 0.2) is 0 Å². The number of benzene rings is 1. The average molecular weight is 299 g/mol. The molecule has 0 spiro atoms. The van der Waals surface area contributed by atoms with E-state index in [4.69, 9.17) is 0 Å². The average Bonchev–Trinajstić information content (AvgIpc) is 2.93. The topological polar surface area (TPSA) is 58.4 Å². The molecular weight excluding hydrogens is 278 g/mol. The normalized spacial score (nSPS) is 17.9. The lowest BCUT2D eigenvalue weighted by atomic mass is 10.1. The summed E-state index contributed by atoms with van der Waals surface area (Å²) in [6, 6.07) is 9.49. The molecular formula is C17H21N3O2. The van der Waals surface area contributed by atoms with Crippen molar-refractivity contribution >= 4 is 5.91 Å². The van der Waals surface area contributed by atoms with Crippen molar-refractivity contribution in [3.8, 4) is 0 Å². The molecule has 0 bridgehead atoms. The smallest absolute Gasteiger partial charge is 0.254 e. The zero-order valence-electron chi connectivity index (χ0n) is 12.8. The summed E-state index contributed by atoms with van der Waals surface area (Å²) < 4.78 is 1.91. The van der Waals surface area contributed by atoms with Crippen molar-refractivity contribution in [2.24, 2.45) is 0 Å². The lowest BCUT2D eigenvalue weighted by Gasteiger charge is -2.28. The van der Waals surface area contributed by atoms with Gasteiger partial charge in [0.25, 0.3) is 5.91 Å². The van der Waals surface area contributed by atoms with E-state index < -0.39 is 0 Å². The maximum Gasteiger partial charge on any atom is 0.254 e. The number of amides is 1. The Hall–Kier alpha value is -2.14. The molecule has 3 rings (SSSR count). The SMILES string of the molecule is CCc1ccc(C(=O)N2Cc3ccnn3CCC2CO)cc1. The first kappa shape index (κ1) is 14.8. The number of rotatable bonds is 3. The molecule has 1 N–H and O–H groups in total. The van der Waals surface area contributed by atoms with Crippen molar-refractivity contribution < 1.29 is 9.90 Å². The van der Waals surface area contributed by atoms with E-state index in [1.54, 1.807) is 11.1 Å². The predicted molar refractivity (Wildman–Crippen MR) is 83.4 cm³/mol. The van der Waals surface area contributed by atoms with Crippen LogP contribution >= 0.6 is 0 Å². The van der Waals surface area contributed by atoms with Crippen molar-refractivity contribution in [1.82, 2.24) is 14.7 Å². The van der Waals surface area contributed by atoms with Crippen LogP contribution < -0.4 is 0 Å². The molecule has 2 aromatic rings. The van der Waals surface area contributed by atoms with Crippen LogP contribution in [0.4, 0.5) is 0 Å². The fourth-order valence-corrected chi connectivity index (χ4v) is 2.90. The molecule has 22 heavy (non-hydrogen) atoms. The van der Waals surface area contributed by atoms with Crippen molar-refractivity contribution in [3.63, 3.8) is 0 Å². The zero-order valence-corrected chi connectivity index (χ0v) is 12.8. The second-order valence-corrected chi connectivity index (χ2v) is 5.65. The van der Waals surface area contributed by atoms with E-state index in [1.165, 1.54) is 5.56 Å². The molecule has 1 aromatic heterocycles. The van der Waals surface area contributed by atoms with Crippen LogP contribution in [0, 0.1) is 0 Å². The Morgan fingerprint density at radius 2 is 2.09 bits per heavy atom. The monoisotopic (exact) mass is 299 g/mol. The minimum atomic E-state index is -0.167. The summed E-state index contributed by atoms with van der Waals surface area (Å²) >= 11 is 0. The number of aliphatic hydroxyl groups excluding tert-OH is 1. The molecule has 1 aliphatic heterocycles. The van der Waals surface area contributed by atoms with E-state index in [2.05, 4.69) is 12.0 Å². The summed E-state index contributed by atoms with van der Waals surface area (Å²) in [5.74, 6) is -0.0312. The fraction of sp³-hybridized carbons (Fsp3) is 0.412. The Kier molecular flexibility index (Phi) is 4.24. The molecule has 5 heteroatoms.